The summed E-state index contributed by atoms with van der Waals surface area (Å²) < 4.78 is 41.9. The fourth-order valence-electron chi connectivity index (χ4n) is 2.13. The number of amides is 1. The quantitative estimate of drug-likeness (QED) is 0.712. The summed E-state index contributed by atoms with van der Waals surface area (Å²) >= 11 is 9.05. The number of carbonyl (C=O) groups is 1. The van der Waals surface area contributed by atoms with E-state index in [2.05, 4.69) is 26.1 Å². The maximum Gasteiger partial charge on any atom is 0.436 e. The lowest BCUT2D eigenvalue weighted by atomic mass is 10.3. The van der Waals surface area contributed by atoms with Crippen LogP contribution in [-0.2, 0) is 30.6 Å². The molecule has 11 heteroatoms. The van der Waals surface area contributed by atoms with Gasteiger partial charge in [0, 0.05) is 19.8 Å². The first-order valence-electron chi connectivity index (χ1n) is 7.30. The molecule has 0 bridgehead atoms. The monoisotopic (exact) mass is 441 g/mol. The average Bonchev–Trinajstić information content (AvgIpc) is 3.01. The Bertz CT molecular complexity index is 786. The van der Waals surface area contributed by atoms with Crippen molar-refractivity contribution in [2.45, 2.75) is 39.7 Å². The summed E-state index contributed by atoms with van der Waals surface area (Å²) in [7, 11) is 1.55. The second-order valence-corrected chi connectivity index (χ2v) is 6.66. The molecule has 0 radical (unpaired) electrons. The predicted molar refractivity (Wildman–Crippen MR) is 89.1 cm³/mol. The molecule has 0 N–H and O–H groups in total. The van der Waals surface area contributed by atoms with Crippen LogP contribution in [0.5, 0.6) is 0 Å². The Morgan fingerprint density at radius 1 is 1.40 bits per heavy atom. The molecule has 1 amide bonds. The summed E-state index contributed by atoms with van der Waals surface area (Å²) in [6.45, 7) is 3.87. The zero-order valence-electron chi connectivity index (χ0n) is 13.7. The third-order valence-electron chi connectivity index (χ3n) is 3.61. The second kappa shape index (κ2) is 7.36. The minimum Gasteiger partial charge on any atom is -0.338 e. The number of likely N-dealkylation sites (N-methyl/N-ethyl adjacent to an activating group) is 1. The van der Waals surface area contributed by atoms with Gasteiger partial charge in [-0.15, -0.1) is 0 Å². The molecule has 0 saturated carbocycles. The Morgan fingerprint density at radius 3 is 2.52 bits per heavy atom. The van der Waals surface area contributed by atoms with Crippen molar-refractivity contribution in [2.24, 2.45) is 0 Å². The predicted octanol–water partition coefficient (Wildman–Crippen LogP) is 3.50. The summed E-state index contributed by atoms with van der Waals surface area (Å²) in [6, 6.07) is 0. The molecule has 0 aliphatic rings. The van der Waals surface area contributed by atoms with Gasteiger partial charge in [0.15, 0.2) is 5.69 Å². The molecule has 2 heterocycles. The van der Waals surface area contributed by atoms with Crippen LogP contribution in [0.2, 0.25) is 5.02 Å². The Labute approximate surface area is 155 Å². The fraction of sp³-hybridized carbons (Fsp3) is 0.500. The van der Waals surface area contributed by atoms with E-state index in [1.807, 2.05) is 6.92 Å². The largest absolute Gasteiger partial charge is 0.436 e. The van der Waals surface area contributed by atoms with Crippen molar-refractivity contribution in [3.8, 4) is 0 Å². The molecule has 0 aliphatic heterocycles. The molecule has 138 valence electrons. The molecule has 2 aromatic heterocycles. The third-order valence-corrected chi connectivity index (χ3v) is 4.73. The third kappa shape index (κ3) is 4.35. The van der Waals surface area contributed by atoms with Crippen LogP contribution in [0, 0.1) is 6.92 Å². The summed E-state index contributed by atoms with van der Waals surface area (Å²) in [5.74, 6) is -0.408. The lowest BCUT2D eigenvalue weighted by Crippen LogP contribution is -2.31. The van der Waals surface area contributed by atoms with Crippen LogP contribution in [0.25, 0.3) is 0 Å². The lowest BCUT2D eigenvalue weighted by Gasteiger charge is -2.16. The van der Waals surface area contributed by atoms with Gasteiger partial charge in [-0.05, 0) is 29.8 Å². The molecule has 0 aromatic carbocycles. The van der Waals surface area contributed by atoms with Gasteiger partial charge < -0.3 is 4.90 Å². The number of halogens is 5. The van der Waals surface area contributed by atoms with Crippen molar-refractivity contribution in [2.75, 3.05) is 7.05 Å². The zero-order valence-corrected chi connectivity index (χ0v) is 16.1. The summed E-state index contributed by atoms with van der Waals surface area (Å²) in [5, 5.41) is 7.24. The van der Waals surface area contributed by atoms with Gasteiger partial charge in [-0.3, -0.25) is 14.2 Å². The van der Waals surface area contributed by atoms with Crippen LogP contribution < -0.4 is 0 Å². The molecule has 2 rings (SSSR count). The Morgan fingerprint density at radius 2 is 2.04 bits per heavy atom. The molecule has 0 saturated heterocycles. The maximum atomic E-state index is 12.8. The molecule has 0 unspecified atom stereocenters. The summed E-state index contributed by atoms with van der Waals surface area (Å²) in [4.78, 5) is 13.7. The molecule has 0 aliphatic carbocycles. The van der Waals surface area contributed by atoms with Crippen LogP contribution in [0.3, 0.4) is 0 Å². The minimum absolute atomic E-state index is 0.0900. The van der Waals surface area contributed by atoms with E-state index in [0.29, 0.717) is 12.2 Å². The highest BCUT2D eigenvalue weighted by Gasteiger charge is 2.38. The number of carbonyl (C=O) groups excluding carboxylic acids is 1. The van der Waals surface area contributed by atoms with E-state index in [4.69, 9.17) is 11.6 Å². The fourth-order valence-corrected chi connectivity index (χ4v) is 2.81. The highest BCUT2D eigenvalue weighted by Crippen LogP contribution is 2.35. The molecular formula is C14H16BrClF3N5O. The van der Waals surface area contributed by atoms with E-state index in [1.54, 1.807) is 17.9 Å². The van der Waals surface area contributed by atoms with Gasteiger partial charge in [-0.25, -0.2) is 0 Å². The Balaban J connectivity index is 2.12. The van der Waals surface area contributed by atoms with Gasteiger partial charge in [-0.2, -0.15) is 23.4 Å². The first kappa shape index (κ1) is 19.8. The minimum atomic E-state index is -4.67. The van der Waals surface area contributed by atoms with Gasteiger partial charge >= 0.3 is 6.18 Å². The van der Waals surface area contributed by atoms with Crippen LogP contribution in [0.4, 0.5) is 13.2 Å². The molecule has 2 aromatic rings. The number of hydrogen-bond donors (Lipinski definition) is 0. The van der Waals surface area contributed by atoms with Crippen LogP contribution >= 0.6 is 27.5 Å². The number of alkyl halides is 3. The van der Waals surface area contributed by atoms with Crippen molar-refractivity contribution in [1.82, 2.24) is 24.5 Å². The van der Waals surface area contributed by atoms with Crippen molar-refractivity contribution < 1.29 is 18.0 Å². The smallest absolute Gasteiger partial charge is 0.338 e. The van der Waals surface area contributed by atoms with E-state index in [-0.39, 0.29) is 18.8 Å². The van der Waals surface area contributed by atoms with E-state index in [0.717, 1.165) is 9.15 Å². The molecular weight excluding hydrogens is 427 g/mol. The zero-order chi connectivity index (χ0) is 18.9. The maximum absolute atomic E-state index is 12.8. The lowest BCUT2D eigenvalue weighted by molar-refractivity contribution is -0.142. The van der Waals surface area contributed by atoms with Crippen LogP contribution in [0.1, 0.15) is 24.0 Å². The highest BCUT2D eigenvalue weighted by molar-refractivity contribution is 9.10. The van der Waals surface area contributed by atoms with Crippen molar-refractivity contribution >= 4 is 33.4 Å². The molecule has 0 fully saturated rings. The second-order valence-electron chi connectivity index (χ2n) is 5.43. The Hall–Kier alpha value is -1.55. The molecule has 0 atom stereocenters. The molecule has 0 spiro atoms. The van der Waals surface area contributed by atoms with E-state index < -0.39 is 22.8 Å². The van der Waals surface area contributed by atoms with E-state index in [9.17, 15) is 18.0 Å². The van der Waals surface area contributed by atoms with Crippen LogP contribution in [-0.4, -0.2) is 37.4 Å². The first-order chi connectivity index (χ1) is 11.5. The standard InChI is InChI=1S/C14H16BrClF3N5O/c1-4-23-5-9(15)10(20-23)6-22(3)11(25)7-24-8(2)12(16)13(21-24)14(17,18)19/h5H,4,6-7H2,1-3H3. The summed E-state index contributed by atoms with van der Waals surface area (Å²) in [5.41, 5.74) is -0.442. The molecule has 6 nitrogen and oxygen atoms in total. The van der Waals surface area contributed by atoms with Crippen LogP contribution in [0.15, 0.2) is 10.7 Å². The van der Waals surface area contributed by atoms with Gasteiger partial charge in [0.05, 0.1) is 27.4 Å². The number of aromatic nitrogens is 4. The van der Waals surface area contributed by atoms with Crippen molar-refractivity contribution in [3.63, 3.8) is 0 Å². The van der Waals surface area contributed by atoms with E-state index >= 15 is 0 Å². The number of hydrogen-bond acceptors (Lipinski definition) is 3. The van der Waals surface area contributed by atoms with E-state index in [1.165, 1.54) is 11.8 Å². The number of nitrogens with zero attached hydrogens (tertiary/aromatic N) is 5. The topological polar surface area (TPSA) is 56.0 Å². The van der Waals surface area contributed by atoms with Gasteiger partial charge in [0.25, 0.3) is 0 Å². The highest BCUT2D eigenvalue weighted by atomic mass is 79.9. The summed E-state index contributed by atoms with van der Waals surface area (Å²) in [6.07, 6.45) is -2.87. The van der Waals surface area contributed by atoms with Crippen molar-refractivity contribution in [1.29, 1.82) is 0 Å². The van der Waals surface area contributed by atoms with Crippen molar-refractivity contribution in [3.05, 3.63) is 32.8 Å². The number of aryl methyl sites for hydroxylation is 1. The normalized spacial score (nSPS) is 11.8. The SMILES string of the molecule is CCn1cc(Br)c(CN(C)C(=O)Cn2nc(C(F)(F)F)c(Cl)c2C)n1. The van der Waals surface area contributed by atoms with Gasteiger partial charge in [-0.1, -0.05) is 11.6 Å². The average molecular weight is 443 g/mol. The molecule has 25 heavy (non-hydrogen) atoms. The number of rotatable bonds is 5. The Kier molecular flexibility index (Phi) is 5.82. The van der Waals surface area contributed by atoms with Gasteiger partial charge in [0.1, 0.15) is 6.54 Å². The van der Waals surface area contributed by atoms with Gasteiger partial charge in [0.2, 0.25) is 5.91 Å². The first-order valence-corrected chi connectivity index (χ1v) is 8.47.